The molecule has 8 nitrogen and oxygen atoms in total. The topological polar surface area (TPSA) is 87.1 Å². The van der Waals surface area contributed by atoms with E-state index in [2.05, 4.69) is 51.0 Å². The third kappa shape index (κ3) is 4.10. The Hall–Kier alpha value is -3.91. The molecular weight excluding hydrogens is 438 g/mol. The predicted octanol–water partition coefficient (Wildman–Crippen LogP) is 4.10. The summed E-state index contributed by atoms with van der Waals surface area (Å²) in [6.45, 7) is 5.60. The number of nitrogens with one attached hydrogen (secondary N) is 3. The standard InChI is InChI=1S/C27H29N7O/c1-17(19-6-4-3-5-7-19)30-26-14-22(10-11-28-26)34-25-13-20(31-18(2)35)8-9-24(25)27(32-34)33-16-21-12-23(33)15-29-21/h3-11,13-14,17,21,23,29H,12,15-16H2,1-2H3,(H,28,30)(H,31,35)/t17-,21-,23-/m0/s1. The average molecular weight is 468 g/mol. The molecule has 1 amide bonds. The Morgan fingerprint density at radius 2 is 2.00 bits per heavy atom. The SMILES string of the molecule is CC(=O)Nc1ccc2c(N3C[C@@H]4C[C@H]3CN4)nn(-c3ccnc(N[C@@H](C)c4ccccc4)c3)c2c1. The number of rotatable bonds is 6. The van der Waals surface area contributed by atoms with Crippen LogP contribution in [0.5, 0.6) is 0 Å². The smallest absolute Gasteiger partial charge is 0.221 e. The number of fused-ring (bicyclic) bond motifs is 3. The monoisotopic (exact) mass is 467 g/mol. The number of pyridine rings is 1. The summed E-state index contributed by atoms with van der Waals surface area (Å²) in [6.07, 6.45) is 2.96. The van der Waals surface area contributed by atoms with Gasteiger partial charge in [-0.3, -0.25) is 4.79 Å². The molecule has 0 saturated carbocycles. The van der Waals surface area contributed by atoms with Crippen molar-refractivity contribution >= 4 is 34.1 Å². The van der Waals surface area contributed by atoms with E-state index in [0.717, 1.165) is 53.4 Å². The number of anilines is 3. The summed E-state index contributed by atoms with van der Waals surface area (Å²) in [6, 6.07) is 21.4. The molecule has 8 heteroatoms. The van der Waals surface area contributed by atoms with Gasteiger partial charge in [-0.1, -0.05) is 30.3 Å². The lowest BCUT2D eigenvalue weighted by atomic mass is 10.1. The van der Waals surface area contributed by atoms with E-state index in [9.17, 15) is 4.79 Å². The lowest BCUT2D eigenvalue weighted by molar-refractivity contribution is -0.114. The van der Waals surface area contributed by atoms with Gasteiger partial charge in [-0.05, 0) is 43.2 Å². The molecule has 3 atom stereocenters. The van der Waals surface area contributed by atoms with Crippen LogP contribution in [-0.4, -0.2) is 45.8 Å². The first-order chi connectivity index (χ1) is 17.0. The number of piperazine rings is 1. The molecule has 0 aliphatic carbocycles. The van der Waals surface area contributed by atoms with E-state index in [0.29, 0.717) is 12.1 Å². The Morgan fingerprint density at radius 1 is 1.14 bits per heavy atom. The first-order valence-corrected chi connectivity index (χ1v) is 12.1. The fourth-order valence-electron chi connectivity index (χ4n) is 5.29. The van der Waals surface area contributed by atoms with E-state index in [4.69, 9.17) is 5.10 Å². The molecule has 2 fully saturated rings. The summed E-state index contributed by atoms with van der Waals surface area (Å²) in [5.74, 6) is 1.68. The second kappa shape index (κ2) is 8.70. The van der Waals surface area contributed by atoms with Crippen LogP contribution in [0.4, 0.5) is 17.3 Å². The lowest BCUT2D eigenvalue weighted by Gasteiger charge is -2.27. The molecule has 0 radical (unpaired) electrons. The Bertz CT molecular complexity index is 1380. The molecule has 4 aromatic rings. The number of hydrogen-bond donors (Lipinski definition) is 3. The number of carbonyl (C=O) groups is 1. The molecule has 35 heavy (non-hydrogen) atoms. The predicted molar refractivity (Wildman–Crippen MR) is 139 cm³/mol. The van der Waals surface area contributed by atoms with E-state index < -0.39 is 0 Å². The van der Waals surface area contributed by atoms with Gasteiger partial charge < -0.3 is 20.9 Å². The molecule has 4 heterocycles. The van der Waals surface area contributed by atoms with Crippen LogP contribution in [0.25, 0.3) is 16.6 Å². The Morgan fingerprint density at radius 3 is 2.74 bits per heavy atom. The summed E-state index contributed by atoms with van der Waals surface area (Å²) in [5.41, 5.74) is 3.83. The molecule has 0 unspecified atom stereocenters. The molecule has 2 aliphatic rings. The van der Waals surface area contributed by atoms with Crippen molar-refractivity contribution in [3.63, 3.8) is 0 Å². The van der Waals surface area contributed by atoms with Gasteiger partial charge in [-0.25, -0.2) is 9.67 Å². The Balaban J connectivity index is 1.40. The van der Waals surface area contributed by atoms with E-state index in [1.54, 1.807) is 0 Å². The zero-order valence-corrected chi connectivity index (χ0v) is 19.9. The zero-order valence-electron chi connectivity index (χ0n) is 19.9. The number of hydrogen-bond acceptors (Lipinski definition) is 6. The molecule has 2 bridgehead atoms. The van der Waals surface area contributed by atoms with Crippen LogP contribution >= 0.6 is 0 Å². The second-order valence-electron chi connectivity index (χ2n) is 9.47. The van der Waals surface area contributed by atoms with Crippen molar-refractivity contribution < 1.29 is 4.79 Å². The second-order valence-corrected chi connectivity index (χ2v) is 9.47. The minimum atomic E-state index is -0.0936. The Kier molecular flexibility index (Phi) is 5.37. The minimum Gasteiger partial charge on any atom is -0.363 e. The highest BCUT2D eigenvalue weighted by Gasteiger charge is 2.39. The largest absolute Gasteiger partial charge is 0.363 e. The third-order valence-electron chi connectivity index (χ3n) is 6.96. The molecule has 2 aromatic carbocycles. The van der Waals surface area contributed by atoms with Gasteiger partial charge in [0.15, 0.2) is 5.82 Å². The summed E-state index contributed by atoms with van der Waals surface area (Å²) in [7, 11) is 0. The van der Waals surface area contributed by atoms with E-state index in [1.807, 2.05) is 53.3 Å². The van der Waals surface area contributed by atoms with E-state index in [-0.39, 0.29) is 11.9 Å². The first-order valence-electron chi connectivity index (χ1n) is 12.1. The first kappa shape index (κ1) is 21.6. The van der Waals surface area contributed by atoms with E-state index >= 15 is 0 Å². The van der Waals surface area contributed by atoms with Gasteiger partial charge in [0.25, 0.3) is 0 Å². The van der Waals surface area contributed by atoms with Gasteiger partial charge >= 0.3 is 0 Å². The van der Waals surface area contributed by atoms with Crippen molar-refractivity contribution in [3.05, 3.63) is 72.4 Å². The van der Waals surface area contributed by atoms with Crippen LogP contribution in [0, 0.1) is 0 Å². The molecule has 178 valence electrons. The maximum absolute atomic E-state index is 11.7. The summed E-state index contributed by atoms with van der Waals surface area (Å²) in [4.78, 5) is 18.7. The maximum atomic E-state index is 11.7. The number of carbonyl (C=O) groups excluding carboxylic acids is 1. The van der Waals surface area contributed by atoms with Crippen LogP contribution in [-0.2, 0) is 4.79 Å². The molecule has 0 spiro atoms. The zero-order chi connectivity index (χ0) is 23.9. The fraction of sp³-hybridized carbons (Fsp3) is 0.296. The fourth-order valence-corrected chi connectivity index (χ4v) is 5.29. The van der Waals surface area contributed by atoms with Gasteiger partial charge in [0.2, 0.25) is 5.91 Å². The minimum absolute atomic E-state index is 0.0936. The van der Waals surface area contributed by atoms with Gasteiger partial charge in [0, 0.05) is 61.5 Å². The Labute approximate surface area is 204 Å². The van der Waals surface area contributed by atoms with Crippen molar-refractivity contribution in [2.24, 2.45) is 0 Å². The number of benzene rings is 2. The van der Waals surface area contributed by atoms with Crippen molar-refractivity contribution in [2.75, 3.05) is 28.6 Å². The molecule has 2 aromatic heterocycles. The summed E-state index contributed by atoms with van der Waals surface area (Å²) >= 11 is 0. The highest BCUT2D eigenvalue weighted by atomic mass is 16.1. The lowest BCUT2D eigenvalue weighted by Crippen LogP contribution is -2.43. The van der Waals surface area contributed by atoms with Crippen molar-refractivity contribution in [3.8, 4) is 5.69 Å². The molecule has 6 rings (SSSR count). The average Bonchev–Trinajstić information content (AvgIpc) is 3.58. The van der Waals surface area contributed by atoms with Crippen molar-refractivity contribution in [2.45, 2.75) is 38.4 Å². The van der Waals surface area contributed by atoms with Crippen LogP contribution in [0.3, 0.4) is 0 Å². The van der Waals surface area contributed by atoms with Crippen LogP contribution in [0.1, 0.15) is 31.9 Å². The highest BCUT2D eigenvalue weighted by Crippen LogP contribution is 2.36. The highest BCUT2D eigenvalue weighted by molar-refractivity contribution is 5.97. The van der Waals surface area contributed by atoms with Crippen molar-refractivity contribution in [1.82, 2.24) is 20.1 Å². The number of nitrogens with zero attached hydrogens (tertiary/aromatic N) is 4. The third-order valence-corrected chi connectivity index (χ3v) is 6.96. The molecule has 2 saturated heterocycles. The van der Waals surface area contributed by atoms with Crippen molar-refractivity contribution in [1.29, 1.82) is 0 Å². The van der Waals surface area contributed by atoms with Gasteiger partial charge in [-0.2, -0.15) is 0 Å². The van der Waals surface area contributed by atoms with Gasteiger partial charge in [0.1, 0.15) is 5.82 Å². The van der Waals surface area contributed by atoms with Gasteiger partial charge in [0.05, 0.1) is 11.2 Å². The maximum Gasteiger partial charge on any atom is 0.221 e. The van der Waals surface area contributed by atoms with Crippen LogP contribution in [0.15, 0.2) is 66.9 Å². The van der Waals surface area contributed by atoms with E-state index in [1.165, 1.54) is 12.5 Å². The molecule has 3 N–H and O–H groups in total. The number of aromatic nitrogens is 3. The molecule has 2 aliphatic heterocycles. The summed E-state index contributed by atoms with van der Waals surface area (Å²) < 4.78 is 1.97. The molecular formula is C27H29N7O. The number of amides is 1. The van der Waals surface area contributed by atoms with Gasteiger partial charge in [-0.15, -0.1) is 5.10 Å². The summed E-state index contributed by atoms with van der Waals surface area (Å²) in [5, 5.41) is 16.2. The quantitative estimate of drug-likeness (QED) is 0.396. The van der Waals surface area contributed by atoms with Crippen LogP contribution < -0.4 is 20.9 Å². The normalized spacial score (nSPS) is 19.8. The van der Waals surface area contributed by atoms with Crippen LogP contribution in [0.2, 0.25) is 0 Å².